The van der Waals surface area contributed by atoms with E-state index in [0.717, 1.165) is 12.3 Å². The maximum Gasteiger partial charge on any atom is 0.417 e. The highest BCUT2D eigenvalue weighted by Gasteiger charge is 2.30. The van der Waals surface area contributed by atoms with Crippen LogP contribution >= 0.6 is 0 Å². The van der Waals surface area contributed by atoms with Crippen LogP contribution in [-0.2, 0) is 29.0 Å². The summed E-state index contributed by atoms with van der Waals surface area (Å²) in [6, 6.07) is 14.1. The molecule has 10 heteroatoms. The normalized spacial score (nSPS) is 12.9. The second-order valence-electron chi connectivity index (χ2n) is 7.42. The van der Waals surface area contributed by atoms with Gasteiger partial charge in [-0.1, -0.05) is 30.3 Å². The standard InChI is InChI=1S/C23H23F3N2O4S/c1-31-19-9-7-17(22(13-19)32-2)12-20(33(27,29)30)11-15-3-5-16(6-4-15)21-10-8-18(14-28-21)23(24,25)26/h3-10,13-14,20H,11-12H2,1-2H3,(H2,27,29,30). The fraction of sp³-hybridized carbons (Fsp3) is 0.261. The van der Waals surface area contributed by atoms with Gasteiger partial charge in [0.15, 0.2) is 0 Å². The maximum atomic E-state index is 12.7. The SMILES string of the molecule is COc1ccc(CC(Cc2ccc(-c3ccc(C(F)(F)F)cn3)cc2)S(N)(=O)=O)c(OC)c1. The molecule has 0 aliphatic rings. The molecule has 3 rings (SSSR count). The van der Waals surface area contributed by atoms with Crippen LogP contribution in [-0.4, -0.2) is 32.9 Å². The van der Waals surface area contributed by atoms with Gasteiger partial charge in [-0.25, -0.2) is 13.6 Å². The Hall–Kier alpha value is -3.11. The summed E-state index contributed by atoms with van der Waals surface area (Å²) in [5.41, 5.74) is 1.53. The van der Waals surface area contributed by atoms with Crippen LogP contribution in [0.25, 0.3) is 11.3 Å². The second-order valence-corrected chi connectivity index (χ2v) is 9.27. The van der Waals surface area contributed by atoms with Crippen LogP contribution in [0.15, 0.2) is 60.8 Å². The van der Waals surface area contributed by atoms with Gasteiger partial charge in [-0.3, -0.25) is 4.98 Å². The summed E-state index contributed by atoms with van der Waals surface area (Å²) in [6.45, 7) is 0. The minimum Gasteiger partial charge on any atom is -0.497 e. The number of nitrogens with zero attached hydrogens (tertiary/aromatic N) is 1. The highest BCUT2D eigenvalue weighted by atomic mass is 32.2. The zero-order valence-electron chi connectivity index (χ0n) is 18.0. The first-order chi connectivity index (χ1) is 15.5. The van der Waals surface area contributed by atoms with E-state index in [0.29, 0.717) is 33.9 Å². The van der Waals surface area contributed by atoms with Crippen molar-refractivity contribution in [3.05, 3.63) is 77.5 Å². The van der Waals surface area contributed by atoms with Crippen LogP contribution in [0.1, 0.15) is 16.7 Å². The average molecular weight is 481 g/mol. The van der Waals surface area contributed by atoms with Crippen molar-refractivity contribution in [1.82, 2.24) is 4.98 Å². The molecule has 1 unspecified atom stereocenters. The fourth-order valence-corrected chi connectivity index (χ4v) is 4.21. The summed E-state index contributed by atoms with van der Waals surface area (Å²) >= 11 is 0. The lowest BCUT2D eigenvalue weighted by atomic mass is 10.0. The number of halogens is 3. The fourth-order valence-electron chi connectivity index (χ4n) is 3.38. The number of nitrogens with two attached hydrogens (primary N) is 1. The van der Waals surface area contributed by atoms with Crippen molar-refractivity contribution in [1.29, 1.82) is 0 Å². The largest absolute Gasteiger partial charge is 0.497 e. The van der Waals surface area contributed by atoms with Crippen molar-refractivity contribution in [3.63, 3.8) is 0 Å². The first-order valence-corrected chi connectivity index (χ1v) is 11.5. The van der Waals surface area contributed by atoms with Gasteiger partial charge in [0.05, 0.1) is 30.7 Å². The summed E-state index contributed by atoms with van der Waals surface area (Å²) in [4.78, 5) is 3.87. The topological polar surface area (TPSA) is 91.5 Å². The smallest absolute Gasteiger partial charge is 0.417 e. The van der Waals surface area contributed by atoms with Gasteiger partial charge in [0.2, 0.25) is 10.0 Å². The number of sulfonamides is 1. The van der Waals surface area contributed by atoms with E-state index in [1.54, 1.807) is 42.5 Å². The van der Waals surface area contributed by atoms with Gasteiger partial charge in [-0.2, -0.15) is 13.2 Å². The van der Waals surface area contributed by atoms with Gasteiger partial charge >= 0.3 is 6.18 Å². The van der Waals surface area contributed by atoms with Gasteiger partial charge in [0.25, 0.3) is 0 Å². The monoisotopic (exact) mass is 480 g/mol. The van der Waals surface area contributed by atoms with Gasteiger partial charge in [-0.05, 0) is 42.2 Å². The van der Waals surface area contributed by atoms with Crippen molar-refractivity contribution in [2.45, 2.75) is 24.3 Å². The minimum atomic E-state index is -4.45. The summed E-state index contributed by atoms with van der Waals surface area (Å²) in [5.74, 6) is 1.07. The Labute approximate surface area is 190 Å². The van der Waals surface area contributed by atoms with Crippen LogP contribution in [0.4, 0.5) is 13.2 Å². The number of hydrogen-bond acceptors (Lipinski definition) is 5. The number of alkyl halides is 3. The van der Waals surface area contributed by atoms with Crippen molar-refractivity contribution >= 4 is 10.0 Å². The number of benzene rings is 2. The molecular formula is C23H23F3N2O4S. The van der Waals surface area contributed by atoms with E-state index < -0.39 is 27.0 Å². The predicted molar refractivity (Wildman–Crippen MR) is 119 cm³/mol. The van der Waals surface area contributed by atoms with Crippen molar-refractivity contribution < 1.29 is 31.1 Å². The zero-order valence-corrected chi connectivity index (χ0v) is 18.8. The third-order valence-corrected chi connectivity index (χ3v) is 6.47. The summed E-state index contributed by atoms with van der Waals surface area (Å²) in [6.07, 6.45) is -3.39. The molecule has 1 aromatic heterocycles. The van der Waals surface area contributed by atoms with E-state index in [1.807, 2.05) is 0 Å². The Morgan fingerprint density at radius 1 is 0.970 bits per heavy atom. The van der Waals surface area contributed by atoms with Crippen LogP contribution in [0, 0.1) is 0 Å². The van der Waals surface area contributed by atoms with E-state index >= 15 is 0 Å². The molecule has 0 saturated heterocycles. The van der Waals surface area contributed by atoms with E-state index in [4.69, 9.17) is 14.6 Å². The molecule has 0 amide bonds. The van der Waals surface area contributed by atoms with Crippen molar-refractivity contribution in [2.24, 2.45) is 5.14 Å². The minimum absolute atomic E-state index is 0.133. The number of methoxy groups -OCH3 is 2. The number of hydrogen-bond donors (Lipinski definition) is 1. The van der Waals surface area contributed by atoms with E-state index in [-0.39, 0.29) is 12.8 Å². The zero-order chi connectivity index (χ0) is 24.2. The molecule has 33 heavy (non-hydrogen) atoms. The van der Waals surface area contributed by atoms with Crippen LogP contribution < -0.4 is 14.6 Å². The summed E-state index contributed by atoms with van der Waals surface area (Å²) < 4.78 is 73.2. The molecule has 0 radical (unpaired) electrons. The number of aromatic nitrogens is 1. The quantitative estimate of drug-likeness (QED) is 0.521. The molecule has 0 aliphatic heterocycles. The molecule has 176 valence electrons. The lowest BCUT2D eigenvalue weighted by molar-refractivity contribution is -0.137. The average Bonchev–Trinajstić information content (AvgIpc) is 2.78. The lowest BCUT2D eigenvalue weighted by Crippen LogP contribution is -2.32. The molecule has 0 aliphatic carbocycles. The highest BCUT2D eigenvalue weighted by molar-refractivity contribution is 7.89. The van der Waals surface area contributed by atoms with Gasteiger partial charge in [0.1, 0.15) is 11.5 Å². The summed E-state index contributed by atoms with van der Waals surface area (Å²) in [7, 11) is -0.885. The molecular weight excluding hydrogens is 457 g/mol. The van der Waals surface area contributed by atoms with Crippen LogP contribution in [0.2, 0.25) is 0 Å². The van der Waals surface area contributed by atoms with Gasteiger partial charge in [0, 0.05) is 17.8 Å². The molecule has 0 bridgehead atoms. The molecule has 0 fully saturated rings. The molecule has 6 nitrogen and oxygen atoms in total. The Morgan fingerprint density at radius 2 is 1.67 bits per heavy atom. The Kier molecular flexibility index (Phi) is 7.28. The third kappa shape index (κ3) is 6.23. The molecule has 0 saturated carbocycles. The third-order valence-electron chi connectivity index (χ3n) is 5.21. The highest BCUT2D eigenvalue weighted by Crippen LogP contribution is 2.30. The number of pyridine rings is 1. The first kappa shape index (κ1) is 24.5. The maximum absolute atomic E-state index is 12.7. The number of rotatable bonds is 8. The molecule has 2 N–H and O–H groups in total. The molecule has 1 heterocycles. The predicted octanol–water partition coefficient (Wildman–Crippen LogP) is 4.23. The van der Waals surface area contributed by atoms with Crippen LogP contribution in [0.5, 0.6) is 11.5 Å². The van der Waals surface area contributed by atoms with Crippen molar-refractivity contribution in [2.75, 3.05) is 14.2 Å². The van der Waals surface area contributed by atoms with E-state index in [9.17, 15) is 21.6 Å². The van der Waals surface area contributed by atoms with E-state index in [1.165, 1.54) is 20.3 Å². The van der Waals surface area contributed by atoms with Crippen molar-refractivity contribution in [3.8, 4) is 22.8 Å². The molecule has 2 aromatic carbocycles. The Balaban J connectivity index is 1.80. The van der Waals surface area contributed by atoms with E-state index in [2.05, 4.69) is 4.98 Å². The van der Waals surface area contributed by atoms with Crippen LogP contribution in [0.3, 0.4) is 0 Å². The summed E-state index contributed by atoms with van der Waals surface area (Å²) in [5, 5.41) is 4.59. The number of primary sulfonamides is 1. The molecule has 1 atom stereocenters. The van der Waals surface area contributed by atoms with Gasteiger partial charge < -0.3 is 9.47 Å². The molecule has 3 aromatic rings. The number of ether oxygens (including phenoxy) is 2. The Morgan fingerprint density at radius 3 is 2.18 bits per heavy atom. The second kappa shape index (κ2) is 9.80. The Bertz CT molecular complexity index is 1200. The van der Waals surface area contributed by atoms with Gasteiger partial charge in [-0.15, -0.1) is 0 Å². The first-order valence-electron chi connectivity index (χ1n) is 9.86. The lowest BCUT2D eigenvalue weighted by Gasteiger charge is -2.17. The molecule has 0 spiro atoms.